The van der Waals surface area contributed by atoms with E-state index in [4.69, 9.17) is 9.72 Å². The van der Waals surface area contributed by atoms with Crippen molar-refractivity contribution in [3.05, 3.63) is 22.9 Å². The summed E-state index contributed by atoms with van der Waals surface area (Å²) < 4.78 is 5.21. The Bertz CT molecular complexity index is 707. The summed E-state index contributed by atoms with van der Waals surface area (Å²) in [5, 5.41) is 2.43. The molecule has 7 nitrogen and oxygen atoms in total. The molecule has 3 rings (SSSR count). The maximum Gasteiger partial charge on any atom is 0.407 e. The second kappa shape index (κ2) is 6.20. The van der Waals surface area contributed by atoms with Gasteiger partial charge in [0.1, 0.15) is 12.4 Å². The van der Waals surface area contributed by atoms with E-state index in [0.29, 0.717) is 23.8 Å². The van der Waals surface area contributed by atoms with Gasteiger partial charge in [-0.25, -0.2) is 9.78 Å². The number of amides is 2. The van der Waals surface area contributed by atoms with E-state index in [2.05, 4.69) is 10.2 Å². The Morgan fingerprint density at radius 2 is 2.12 bits per heavy atom. The maximum atomic E-state index is 12.9. The number of pyridine rings is 1. The molecular weight excluding hydrogens is 320 g/mol. The number of carbonyl (C=O) groups is 2. The molecule has 1 aliphatic heterocycles. The molecule has 0 radical (unpaired) electrons. The van der Waals surface area contributed by atoms with Crippen LogP contribution in [0, 0.1) is 0 Å². The summed E-state index contributed by atoms with van der Waals surface area (Å²) in [6, 6.07) is 2.36. The Morgan fingerprint density at radius 3 is 2.68 bits per heavy atom. The standard InChI is InChI=1S/C18H26N4O3/c1-18(2,3)22-9-13-12(16(22)23)8-15(21(5)11-6-7-11)20-14(13)10-25-17(24)19-4/h8,11H,6-7,9-10H2,1-5H3,(H,19,24). The van der Waals surface area contributed by atoms with E-state index < -0.39 is 6.09 Å². The Hall–Kier alpha value is -2.31. The Morgan fingerprint density at radius 1 is 1.44 bits per heavy atom. The maximum absolute atomic E-state index is 12.9. The van der Waals surface area contributed by atoms with Gasteiger partial charge in [0.15, 0.2) is 0 Å². The molecule has 1 fully saturated rings. The van der Waals surface area contributed by atoms with Crippen molar-refractivity contribution in [3.8, 4) is 0 Å². The van der Waals surface area contributed by atoms with Gasteiger partial charge in [0.05, 0.1) is 11.3 Å². The van der Waals surface area contributed by atoms with Crippen LogP contribution in [0.25, 0.3) is 0 Å². The molecule has 2 amide bonds. The first kappa shape index (κ1) is 17.5. The quantitative estimate of drug-likeness (QED) is 0.905. The number of aromatic nitrogens is 1. The highest BCUT2D eigenvalue weighted by atomic mass is 16.5. The lowest BCUT2D eigenvalue weighted by Gasteiger charge is -2.31. The number of anilines is 1. The molecule has 0 spiro atoms. The fourth-order valence-corrected chi connectivity index (χ4v) is 3.05. The number of nitrogens with zero attached hydrogens (tertiary/aromatic N) is 3. The number of hydrogen-bond acceptors (Lipinski definition) is 5. The second-order valence-electron chi connectivity index (χ2n) is 7.68. The number of alkyl carbamates (subject to hydrolysis) is 1. The van der Waals surface area contributed by atoms with Crippen LogP contribution in [0.15, 0.2) is 6.07 Å². The molecular formula is C18H26N4O3. The van der Waals surface area contributed by atoms with Crippen LogP contribution in [-0.4, -0.2) is 47.6 Å². The second-order valence-corrected chi connectivity index (χ2v) is 7.68. The average Bonchev–Trinajstić information content (AvgIpc) is 3.34. The largest absolute Gasteiger partial charge is 0.443 e. The summed E-state index contributed by atoms with van der Waals surface area (Å²) in [6.45, 7) is 6.59. The fourth-order valence-electron chi connectivity index (χ4n) is 3.05. The molecule has 0 atom stereocenters. The van der Waals surface area contributed by atoms with E-state index in [1.807, 2.05) is 38.8 Å². The molecule has 1 aliphatic carbocycles. The zero-order chi connectivity index (χ0) is 18.4. The summed E-state index contributed by atoms with van der Waals surface area (Å²) in [7, 11) is 3.51. The monoisotopic (exact) mass is 346 g/mol. The topological polar surface area (TPSA) is 74.8 Å². The van der Waals surface area contributed by atoms with E-state index in [1.54, 1.807) is 0 Å². The van der Waals surface area contributed by atoms with Gasteiger partial charge in [-0.05, 0) is 39.7 Å². The van der Waals surface area contributed by atoms with Gasteiger partial charge >= 0.3 is 6.09 Å². The van der Waals surface area contributed by atoms with E-state index in [0.717, 1.165) is 24.2 Å². The van der Waals surface area contributed by atoms with Gasteiger partial charge in [-0.2, -0.15) is 0 Å². The van der Waals surface area contributed by atoms with Gasteiger partial charge in [-0.15, -0.1) is 0 Å². The molecule has 1 N–H and O–H groups in total. The lowest BCUT2D eigenvalue weighted by Crippen LogP contribution is -2.41. The highest BCUT2D eigenvalue weighted by Crippen LogP contribution is 2.35. The molecule has 0 saturated heterocycles. The van der Waals surface area contributed by atoms with Crippen molar-refractivity contribution in [1.82, 2.24) is 15.2 Å². The highest BCUT2D eigenvalue weighted by molar-refractivity contribution is 5.99. The SMILES string of the molecule is CNC(=O)OCc1nc(N(C)C2CC2)cc2c1CN(C(C)(C)C)C2=O. The molecule has 25 heavy (non-hydrogen) atoms. The molecule has 2 aliphatic rings. The van der Waals surface area contributed by atoms with Crippen molar-refractivity contribution < 1.29 is 14.3 Å². The summed E-state index contributed by atoms with van der Waals surface area (Å²) in [6.07, 6.45) is 1.77. The predicted octanol–water partition coefficient (Wildman–Crippen LogP) is 2.29. The predicted molar refractivity (Wildman–Crippen MR) is 94.5 cm³/mol. The van der Waals surface area contributed by atoms with Gasteiger partial charge in [0.2, 0.25) is 0 Å². The molecule has 0 aromatic carbocycles. The minimum Gasteiger partial charge on any atom is -0.443 e. The number of rotatable bonds is 4. The van der Waals surface area contributed by atoms with E-state index in [1.165, 1.54) is 7.05 Å². The molecule has 136 valence electrons. The van der Waals surface area contributed by atoms with Crippen LogP contribution in [-0.2, 0) is 17.9 Å². The smallest absolute Gasteiger partial charge is 0.407 e. The number of fused-ring (bicyclic) bond motifs is 1. The lowest BCUT2D eigenvalue weighted by molar-refractivity contribution is 0.0608. The summed E-state index contributed by atoms with van der Waals surface area (Å²) >= 11 is 0. The Kier molecular flexibility index (Phi) is 4.34. The minimum atomic E-state index is -0.506. The molecule has 7 heteroatoms. The molecule has 0 bridgehead atoms. The fraction of sp³-hybridized carbons (Fsp3) is 0.611. The summed E-state index contributed by atoms with van der Waals surface area (Å²) in [5.41, 5.74) is 1.90. The Balaban J connectivity index is 1.97. The van der Waals surface area contributed by atoms with Crippen molar-refractivity contribution in [2.45, 2.75) is 58.3 Å². The van der Waals surface area contributed by atoms with E-state index >= 15 is 0 Å². The number of nitrogens with one attached hydrogen (secondary N) is 1. The number of hydrogen-bond donors (Lipinski definition) is 1. The molecule has 1 aromatic rings. The van der Waals surface area contributed by atoms with Crippen LogP contribution in [0.4, 0.5) is 10.6 Å². The van der Waals surface area contributed by atoms with Gasteiger partial charge in [-0.3, -0.25) is 4.79 Å². The van der Waals surface area contributed by atoms with Crippen molar-refractivity contribution >= 4 is 17.8 Å². The van der Waals surface area contributed by atoms with Crippen molar-refractivity contribution in [3.63, 3.8) is 0 Å². The lowest BCUT2D eigenvalue weighted by atomic mass is 10.1. The normalized spacial score (nSPS) is 16.7. The summed E-state index contributed by atoms with van der Waals surface area (Å²) in [4.78, 5) is 33.0. The number of ether oxygens (including phenoxy) is 1. The van der Waals surface area contributed by atoms with Crippen molar-refractivity contribution in [2.24, 2.45) is 0 Å². The zero-order valence-electron chi connectivity index (χ0n) is 15.5. The van der Waals surface area contributed by atoms with Crippen LogP contribution in [0.5, 0.6) is 0 Å². The third kappa shape index (κ3) is 3.41. The first-order valence-corrected chi connectivity index (χ1v) is 8.64. The van der Waals surface area contributed by atoms with Crippen LogP contribution < -0.4 is 10.2 Å². The molecule has 2 heterocycles. The zero-order valence-corrected chi connectivity index (χ0v) is 15.5. The van der Waals surface area contributed by atoms with Crippen LogP contribution >= 0.6 is 0 Å². The van der Waals surface area contributed by atoms with Crippen LogP contribution in [0.2, 0.25) is 0 Å². The highest BCUT2D eigenvalue weighted by Gasteiger charge is 2.38. The van der Waals surface area contributed by atoms with Crippen LogP contribution in [0.3, 0.4) is 0 Å². The molecule has 1 aromatic heterocycles. The third-order valence-electron chi connectivity index (χ3n) is 4.80. The summed E-state index contributed by atoms with van der Waals surface area (Å²) in [5.74, 6) is 0.775. The van der Waals surface area contributed by atoms with Crippen molar-refractivity contribution in [1.29, 1.82) is 0 Å². The Labute approximate surface area is 148 Å². The molecule has 0 unspecified atom stereocenters. The number of carbonyl (C=O) groups excluding carboxylic acids is 2. The van der Waals surface area contributed by atoms with E-state index in [9.17, 15) is 9.59 Å². The first-order valence-electron chi connectivity index (χ1n) is 8.64. The van der Waals surface area contributed by atoms with Gasteiger partial charge in [0.25, 0.3) is 5.91 Å². The van der Waals surface area contributed by atoms with Crippen LogP contribution in [0.1, 0.15) is 55.2 Å². The van der Waals surface area contributed by atoms with Crippen molar-refractivity contribution in [2.75, 3.05) is 19.0 Å². The minimum absolute atomic E-state index is 0.0107. The van der Waals surface area contributed by atoms with Gasteiger partial charge < -0.3 is 19.9 Å². The molecule has 1 saturated carbocycles. The van der Waals surface area contributed by atoms with Gasteiger partial charge in [-0.1, -0.05) is 0 Å². The van der Waals surface area contributed by atoms with E-state index in [-0.39, 0.29) is 18.1 Å². The first-order chi connectivity index (χ1) is 11.7. The average molecular weight is 346 g/mol. The third-order valence-corrected chi connectivity index (χ3v) is 4.80. The van der Waals surface area contributed by atoms with Gasteiger partial charge in [0, 0.05) is 37.8 Å².